The lowest BCUT2D eigenvalue weighted by atomic mass is 10.1. The number of nitrogens with one attached hydrogen (secondary N) is 2. The number of H-pyrrole nitrogens is 1. The van der Waals surface area contributed by atoms with Gasteiger partial charge in [0.2, 0.25) is 5.82 Å². The van der Waals surface area contributed by atoms with Crippen LogP contribution in [-0.4, -0.2) is 21.7 Å². The van der Waals surface area contributed by atoms with Gasteiger partial charge >= 0.3 is 5.69 Å². The van der Waals surface area contributed by atoms with Crippen LogP contribution in [-0.2, 0) is 6.42 Å². The summed E-state index contributed by atoms with van der Waals surface area (Å²) in [4.78, 5) is 10.1. The molecule has 0 bridgehead atoms. The Kier molecular flexibility index (Phi) is 4.29. The van der Waals surface area contributed by atoms with Crippen molar-refractivity contribution >= 4 is 11.4 Å². The molecule has 20 heavy (non-hydrogen) atoms. The minimum Gasteiger partial charge on any atom is -0.379 e. The summed E-state index contributed by atoms with van der Waals surface area (Å²) in [6, 6.07) is 4.04. The number of nitrogens with zero attached hydrogens (tertiary/aromatic N) is 2. The normalized spacial score (nSPS) is 10.5. The number of hydrogen-bond acceptors (Lipinski definition) is 4. The molecule has 0 spiro atoms. The van der Waals surface area contributed by atoms with Crippen LogP contribution in [0.2, 0.25) is 0 Å². The number of para-hydroxylation sites is 1. The monoisotopic (exact) mass is 278 g/mol. The van der Waals surface area contributed by atoms with Crippen LogP contribution in [0.1, 0.15) is 17.7 Å². The second kappa shape index (κ2) is 6.14. The van der Waals surface area contributed by atoms with Gasteiger partial charge in [-0.1, -0.05) is 6.07 Å². The molecule has 0 saturated heterocycles. The number of aromatic nitrogens is 2. The summed E-state index contributed by atoms with van der Waals surface area (Å²) in [5.74, 6) is -0.828. The van der Waals surface area contributed by atoms with Gasteiger partial charge in [0, 0.05) is 12.2 Å². The van der Waals surface area contributed by atoms with E-state index in [2.05, 4.69) is 15.5 Å². The summed E-state index contributed by atoms with van der Waals surface area (Å²) in [5, 5.41) is 20.5. The maximum absolute atomic E-state index is 13.4. The molecule has 0 saturated carbocycles. The molecule has 2 rings (SSSR count). The highest BCUT2D eigenvalue weighted by molar-refractivity contribution is 5.61. The van der Waals surface area contributed by atoms with Gasteiger partial charge in [-0.05, 0) is 37.5 Å². The fourth-order valence-corrected chi connectivity index (χ4v) is 1.97. The number of hydrogen-bond donors (Lipinski definition) is 2. The van der Waals surface area contributed by atoms with Gasteiger partial charge in [0.25, 0.3) is 0 Å². The second-order valence-corrected chi connectivity index (χ2v) is 4.44. The molecule has 0 aliphatic carbocycles. The van der Waals surface area contributed by atoms with Gasteiger partial charge in [0.15, 0.2) is 0 Å². The Balaban J connectivity index is 1.93. The zero-order chi connectivity index (χ0) is 14.5. The summed E-state index contributed by atoms with van der Waals surface area (Å²) in [6.07, 6.45) is 3.34. The highest BCUT2D eigenvalue weighted by Crippen LogP contribution is 2.27. The molecule has 7 heteroatoms. The first-order valence-corrected chi connectivity index (χ1v) is 6.25. The lowest BCUT2D eigenvalue weighted by molar-refractivity contribution is -0.386. The summed E-state index contributed by atoms with van der Waals surface area (Å²) in [7, 11) is 0. The first-order chi connectivity index (χ1) is 9.59. The molecule has 0 aliphatic rings. The third kappa shape index (κ3) is 3.11. The summed E-state index contributed by atoms with van der Waals surface area (Å²) in [6.45, 7) is 2.46. The molecule has 106 valence electrons. The average Bonchev–Trinajstić information content (AvgIpc) is 2.80. The molecule has 0 fully saturated rings. The van der Waals surface area contributed by atoms with Gasteiger partial charge < -0.3 is 5.32 Å². The molecule has 0 aliphatic heterocycles. The Morgan fingerprint density at radius 2 is 2.30 bits per heavy atom. The van der Waals surface area contributed by atoms with Crippen molar-refractivity contribution in [1.82, 2.24) is 10.2 Å². The molecular formula is C13H15FN4O2. The highest BCUT2D eigenvalue weighted by atomic mass is 19.1. The van der Waals surface area contributed by atoms with Crippen LogP contribution in [0.5, 0.6) is 0 Å². The average molecular weight is 278 g/mol. The van der Waals surface area contributed by atoms with Gasteiger partial charge in [0.05, 0.1) is 11.1 Å². The van der Waals surface area contributed by atoms with Crippen molar-refractivity contribution in [3.05, 3.63) is 51.6 Å². The van der Waals surface area contributed by atoms with Gasteiger partial charge in [0.1, 0.15) is 5.69 Å². The molecule has 0 amide bonds. The van der Waals surface area contributed by atoms with Gasteiger partial charge in [-0.25, -0.2) is 0 Å². The number of nitro groups is 1. The fraction of sp³-hybridized carbons (Fsp3) is 0.308. The van der Waals surface area contributed by atoms with Crippen LogP contribution < -0.4 is 5.32 Å². The quantitative estimate of drug-likeness (QED) is 0.483. The molecule has 2 aromatic rings. The van der Waals surface area contributed by atoms with E-state index in [1.54, 1.807) is 6.20 Å². The first-order valence-electron chi connectivity index (χ1n) is 6.25. The van der Waals surface area contributed by atoms with Crippen LogP contribution in [0.25, 0.3) is 0 Å². The van der Waals surface area contributed by atoms with E-state index < -0.39 is 16.4 Å². The second-order valence-electron chi connectivity index (χ2n) is 4.44. The minimum absolute atomic E-state index is 0.207. The molecular weight excluding hydrogens is 263 g/mol. The third-order valence-electron chi connectivity index (χ3n) is 3.04. The van der Waals surface area contributed by atoms with E-state index >= 15 is 0 Å². The fourth-order valence-electron chi connectivity index (χ4n) is 1.97. The Labute approximate surface area is 115 Å². The number of anilines is 1. The Hall–Kier alpha value is -2.44. The first kappa shape index (κ1) is 14.0. The molecule has 0 unspecified atom stereocenters. The zero-order valence-electron chi connectivity index (χ0n) is 11.0. The van der Waals surface area contributed by atoms with E-state index in [-0.39, 0.29) is 5.69 Å². The molecule has 1 aromatic carbocycles. The highest BCUT2D eigenvalue weighted by Gasteiger charge is 2.19. The summed E-state index contributed by atoms with van der Waals surface area (Å²) in [5.41, 5.74) is 1.83. The Bertz CT molecular complexity index is 612. The molecule has 1 aromatic heterocycles. The number of nitro benzene ring substituents is 1. The van der Waals surface area contributed by atoms with E-state index in [4.69, 9.17) is 0 Å². The largest absolute Gasteiger partial charge is 0.379 e. The van der Waals surface area contributed by atoms with Crippen LogP contribution >= 0.6 is 0 Å². The zero-order valence-corrected chi connectivity index (χ0v) is 11.0. The van der Waals surface area contributed by atoms with Gasteiger partial charge in [-0.15, -0.1) is 0 Å². The Morgan fingerprint density at radius 1 is 1.50 bits per heavy atom. The smallest absolute Gasteiger partial charge is 0.327 e. The predicted octanol–water partition coefficient (Wildman–Crippen LogP) is 2.81. The van der Waals surface area contributed by atoms with Gasteiger partial charge in [-0.3, -0.25) is 15.2 Å². The van der Waals surface area contributed by atoms with Crippen LogP contribution in [0.3, 0.4) is 0 Å². The van der Waals surface area contributed by atoms with Crippen molar-refractivity contribution in [1.29, 1.82) is 0 Å². The van der Waals surface area contributed by atoms with Crippen LogP contribution in [0.4, 0.5) is 15.8 Å². The van der Waals surface area contributed by atoms with Crippen LogP contribution in [0.15, 0.2) is 24.4 Å². The van der Waals surface area contributed by atoms with E-state index in [1.165, 1.54) is 12.1 Å². The lowest BCUT2D eigenvalue weighted by Gasteiger charge is -2.07. The predicted molar refractivity (Wildman–Crippen MR) is 73.2 cm³/mol. The van der Waals surface area contributed by atoms with E-state index in [1.807, 2.05) is 6.92 Å². The van der Waals surface area contributed by atoms with Crippen LogP contribution in [0, 0.1) is 22.9 Å². The number of aryl methyl sites for hydroxylation is 2. The SMILES string of the molecule is Cc1[nH]ncc1CCCNc1cccc(F)c1[N+](=O)[O-]. The van der Waals surface area contributed by atoms with Crippen molar-refractivity contribution in [2.45, 2.75) is 19.8 Å². The number of rotatable bonds is 6. The van der Waals surface area contributed by atoms with Gasteiger partial charge in [-0.2, -0.15) is 9.49 Å². The van der Waals surface area contributed by atoms with Crippen molar-refractivity contribution in [3.63, 3.8) is 0 Å². The maximum atomic E-state index is 13.4. The molecule has 6 nitrogen and oxygen atoms in total. The number of benzene rings is 1. The summed E-state index contributed by atoms with van der Waals surface area (Å²) < 4.78 is 13.4. The number of aromatic amines is 1. The van der Waals surface area contributed by atoms with Crippen molar-refractivity contribution in [2.75, 3.05) is 11.9 Å². The van der Waals surface area contributed by atoms with Crippen molar-refractivity contribution in [2.24, 2.45) is 0 Å². The number of halogens is 1. The Morgan fingerprint density at radius 3 is 2.95 bits per heavy atom. The standard InChI is InChI=1S/C13H15FN4O2/c1-9-10(8-16-17-9)4-3-7-15-12-6-2-5-11(14)13(12)18(19)20/h2,5-6,8,15H,3-4,7H2,1H3,(H,16,17). The third-order valence-corrected chi connectivity index (χ3v) is 3.04. The molecule has 0 atom stereocenters. The minimum atomic E-state index is -0.828. The van der Waals surface area contributed by atoms with E-state index in [0.29, 0.717) is 6.54 Å². The van der Waals surface area contributed by atoms with Crippen molar-refractivity contribution < 1.29 is 9.31 Å². The van der Waals surface area contributed by atoms with E-state index in [9.17, 15) is 14.5 Å². The molecule has 1 heterocycles. The lowest BCUT2D eigenvalue weighted by Crippen LogP contribution is -2.06. The van der Waals surface area contributed by atoms with E-state index in [0.717, 1.165) is 30.2 Å². The molecule has 2 N–H and O–H groups in total. The summed E-state index contributed by atoms with van der Waals surface area (Å²) >= 11 is 0. The maximum Gasteiger partial charge on any atom is 0.327 e. The topological polar surface area (TPSA) is 83.8 Å². The van der Waals surface area contributed by atoms with Crippen molar-refractivity contribution in [3.8, 4) is 0 Å². The molecule has 0 radical (unpaired) electrons.